The minimum absolute atomic E-state index is 0.299. The summed E-state index contributed by atoms with van der Waals surface area (Å²) >= 11 is 1.91. The van der Waals surface area contributed by atoms with Gasteiger partial charge in [-0.3, -0.25) is 0 Å². The summed E-state index contributed by atoms with van der Waals surface area (Å²) in [6.07, 6.45) is 31.2. The maximum Gasteiger partial charge on any atom is 0.0554 e. The summed E-state index contributed by atoms with van der Waals surface area (Å²) in [5.74, 6) is 2.33. The Bertz CT molecular complexity index is 2890. The van der Waals surface area contributed by atoms with Gasteiger partial charge in [-0.15, -0.1) is 11.3 Å². The molecule has 1 heterocycles. The zero-order valence-corrected chi connectivity index (χ0v) is 39.1. The molecule has 5 aliphatic rings. The molecule has 11 rings (SSSR count). The van der Waals surface area contributed by atoms with Gasteiger partial charge in [0, 0.05) is 71.7 Å². The van der Waals surface area contributed by atoms with Crippen LogP contribution in [0.25, 0.3) is 31.3 Å². The third-order valence-corrected chi connectivity index (χ3v) is 17.2. The molecule has 3 nitrogen and oxygen atoms in total. The van der Waals surface area contributed by atoms with E-state index in [0.29, 0.717) is 17.8 Å². The van der Waals surface area contributed by atoms with Gasteiger partial charge in [-0.25, -0.2) is 0 Å². The van der Waals surface area contributed by atoms with Crippen molar-refractivity contribution in [3.63, 3.8) is 0 Å². The largest absolute Gasteiger partial charge is 0.314 e. The van der Waals surface area contributed by atoms with Gasteiger partial charge in [0.25, 0.3) is 0 Å². The van der Waals surface area contributed by atoms with E-state index in [1.54, 1.807) is 0 Å². The molecular weight excluding hydrogens is 795 g/mol. The third kappa shape index (κ3) is 7.03. The number of nitrogens with zero attached hydrogens (tertiary/aromatic N) is 2. The first-order chi connectivity index (χ1) is 31.3. The summed E-state index contributed by atoms with van der Waals surface area (Å²) in [5.41, 5.74) is 16.7. The number of para-hydroxylation sites is 1. The molecule has 1 aromatic heterocycles. The van der Waals surface area contributed by atoms with Crippen molar-refractivity contribution in [3.8, 4) is 11.1 Å². The summed E-state index contributed by atoms with van der Waals surface area (Å²) in [6.45, 7) is 9.59. The van der Waals surface area contributed by atoms with Crippen molar-refractivity contribution in [2.75, 3.05) is 9.80 Å². The average Bonchev–Trinajstić information content (AvgIpc) is 3.82. The van der Waals surface area contributed by atoms with Crippen molar-refractivity contribution in [2.45, 2.75) is 116 Å². The van der Waals surface area contributed by atoms with E-state index in [0.717, 1.165) is 24.3 Å². The molecule has 2 unspecified atom stereocenters. The first-order valence-electron chi connectivity index (χ1n) is 24.5. The van der Waals surface area contributed by atoms with Gasteiger partial charge in [-0.05, 0) is 151 Å². The Balaban J connectivity index is 1.14. The van der Waals surface area contributed by atoms with Gasteiger partial charge in [0.1, 0.15) is 0 Å². The fourth-order valence-corrected chi connectivity index (χ4v) is 13.8. The first-order valence-corrected chi connectivity index (χ1v) is 25.3. The van der Waals surface area contributed by atoms with Crippen molar-refractivity contribution < 1.29 is 0 Å². The Morgan fingerprint density at radius 3 is 2.30 bits per heavy atom. The molecule has 0 saturated heterocycles. The molecule has 4 heteroatoms. The fraction of sp³-hybridized carbons (Fsp3) is 0.350. The third-order valence-electron chi connectivity index (χ3n) is 15.9. The first kappa shape index (κ1) is 41.3. The lowest BCUT2D eigenvalue weighted by Gasteiger charge is -2.35. The lowest BCUT2D eigenvalue weighted by atomic mass is 9.76. The molecule has 2 atom stereocenters. The maximum atomic E-state index is 8.28. The summed E-state index contributed by atoms with van der Waals surface area (Å²) in [7, 11) is 0. The second-order valence-electron chi connectivity index (χ2n) is 20.2. The van der Waals surface area contributed by atoms with E-state index in [9.17, 15) is 0 Å². The van der Waals surface area contributed by atoms with E-state index in [2.05, 4.69) is 165 Å². The standard InChI is InChI=1S/C60H63N3S/c1-39-18-14-15-29-53(39)63(48-28-17-24-44(35-48)42-21-10-6-11-22-42)54-37-55-57(51-32-30-45(38-61)40(2)59(51)64-55)58-56(54)50-33-31-49(36-52(50)60(58,3)4)62(46-25-12-7-13-26-46)47-27-16-23-43(34-47)41-19-8-5-9-20-41/h7,12-17,23-33,35-39,41-43,61H,5-6,8-11,18-22,34H2,1-4H3. The summed E-state index contributed by atoms with van der Waals surface area (Å²) in [5, 5.41) is 11.0. The van der Waals surface area contributed by atoms with Gasteiger partial charge in [0.15, 0.2) is 0 Å². The van der Waals surface area contributed by atoms with Crippen LogP contribution < -0.4 is 9.80 Å². The van der Waals surface area contributed by atoms with E-state index in [4.69, 9.17) is 5.41 Å². The molecule has 5 aliphatic carbocycles. The number of nitrogens with one attached hydrogen (secondary N) is 1. The summed E-state index contributed by atoms with van der Waals surface area (Å²) in [4.78, 5) is 5.24. The van der Waals surface area contributed by atoms with E-state index in [1.807, 2.05) is 11.3 Å². The number of fused-ring (bicyclic) bond motifs is 7. The van der Waals surface area contributed by atoms with E-state index in [1.165, 1.54) is 158 Å². The number of thiophene rings is 1. The maximum absolute atomic E-state index is 8.28. The van der Waals surface area contributed by atoms with E-state index in [-0.39, 0.29) is 5.41 Å². The van der Waals surface area contributed by atoms with Gasteiger partial charge in [0.05, 0.1) is 5.69 Å². The number of hydrogen-bond acceptors (Lipinski definition) is 4. The summed E-state index contributed by atoms with van der Waals surface area (Å²) < 4.78 is 2.61. The van der Waals surface area contributed by atoms with Crippen LogP contribution in [0.3, 0.4) is 0 Å². The normalized spacial score (nSPS) is 20.8. The number of hydrogen-bond donors (Lipinski definition) is 1. The van der Waals surface area contributed by atoms with E-state index >= 15 is 0 Å². The molecule has 0 amide bonds. The lowest BCUT2D eigenvalue weighted by Crippen LogP contribution is -2.25. The predicted molar refractivity (Wildman–Crippen MR) is 275 cm³/mol. The number of allylic oxidation sites excluding steroid dienone is 8. The second-order valence-corrected chi connectivity index (χ2v) is 21.2. The molecule has 1 N–H and O–H groups in total. The molecule has 0 aliphatic heterocycles. The van der Waals surface area contributed by atoms with Crippen LogP contribution in [0.15, 0.2) is 139 Å². The highest BCUT2D eigenvalue weighted by molar-refractivity contribution is 7.26. The van der Waals surface area contributed by atoms with Crippen molar-refractivity contribution >= 4 is 60.5 Å². The molecule has 0 spiro atoms. The van der Waals surface area contributed by atoms with Crippen LogP contribution >= 0.6 is 11.3 Å². The van der Waals surface area contributed by atoms with Crippen molar-refractivity contribution in [1.29, 1.82) is 5.41 Å². The van der Waals surface area contributed by atoms with Crippen LogP contribution in [0.5, 0.6) is 0 Å². The van der Waals surface area contributed by atoms with Gasteiger partial charge in [-0.1, -0.05) is 132 Å². The number of anilines is 4. The lowest BCUT2D eigenvalue weighted by molar-refractivity contribution is 0.282. The zero-order valence-electron chi connectivity index (χ0n) is 38.3. The van der Waals surface area contributed by atoms with Crippen molar-refractivity contribution in [3.05, 3.63) is 167 Å². The highest BCUT2D eigenvalue weighted by Crippen LogP contribution is 2.60. The minimum Gasteiger partial charge on any atom is -0.314 e. The quantitative estimate of drug-likeness (QED) is 0.147. The molecular formula is C60H63N3S. The Morgan fingerprint density at radius 2 is 1.52 bits per heavy atom. The Labute approximate surface area is 385 Å². The topological polar surface area (TPSA) is 30.3 Å². The number of aryl methyl sites for hydroxylation is 1. The Kier molecular flexibility index (Phi) is 10.9. The van der Waals surface area contributed by atoms with Crippen LogP contribution in [0.2, 0.25) is 0 Å². The smallest absolute Gasteiger partial charge is 0.0554 e. The van der Waals surface area contributed by atoms with Crippen LogP contribution in [-0.2, 0) is 5.41 Å². The SMILES string of the molecule is Cc1c(C=N)ccc2c1sc1cc(N(C3=CC=CCC3C)c3cccc(C4CCCCC4)c3)c3c(c12)C(C)(C)c1cc(N(C2=CC=CC(C4CCCCC4)C2)c2ccccc2)ccc1-3. The fourth-order valence-electron chi connectivity index (χ4n) is 12.5. The van der Waals surface area contributed by atoms with Crippen LogP contribution in [0.4, 0.5) is 22.7 Å². The monoisotopic (exact) mass is 857 g/mol. The second kappa shape index (κ2) is 16.8. The minimum atomic E-state index is -0.299. The molecule has 0 radical (unpaired) electrons. The van der Waals surface area contributed by atoms with Crippen molar-refractivity contribution in [1.82, 2.24) is 0 Å². The molecule has 64 heavy (non-hydrogen) atoms. The number of rotatable bonds is 9. The predicted octanol–water partition coefficient (Wildman–Crippen LogP) is 17.5. The molecule has 2 saturated carbocycles. The Morgan fingerprint density at radius 1 is 0.750 bits per heavy atom. The summed E-state index contributed by atoms with van der Waals surface area (Å²) in [6, 6.07) is 35.2. The van der Waals surface area contributed by atoms with Crippen LogP contribution in [0, 0.1) is 30.1 Å². The molecule has 0 bridgehead atoms. The van der Waals surface area contributed by atoms with Gasteiger partial charge < -0.3 is 15.2 Å². The van der Waals surface area contributed by atoms with Crippen LogP contribution in [0.1, 0.15) is 132 Å². The number of benzene rings is 5. The highest BCUT2D eigenvalue weighted by Gasteiger charge is 2.42. The van der Waals surface area contributed by atoms with Gasteiger partial charge in [0.2, 0.25) is 0 Å². The van der Waals surface area contributed by atoms with Gasteiger partial charge in [-0.2, -0.15) is 0 Å². The van der Waals surface area contributed by atoms with Gasteiger partial charge >= 0.3 is 0 Å². The van der Waals surface area contributed by atoms with Crippen LogP contribution in [-0.4, -0.2) is 6.21 Å². The Hall–Kier alpha value is -5.45. The molecule has 5 aromatic carbocycles. The highest BCUT2D eigenvalue weighted by atomic mass is 32.1. The molecule has 6 aromatic rings. The molecule has 324 valence electrons. The average molecular weight is 858 g/mol. The van der Waals surface area contributed by atoms with E-state index < -0.39 is 0 Å². The van der Waals surface area contributed by atoms with Crippen molar-refractivity contribution in [2.24, 2.45) is 17.8 Å². The molecule has 2 fully saturated rings. The zero-order chi connectivity index (χ0) is 43.5.